The number of rotatable bonds is 2. The molecule has 2 aliphatic rings. The van der Waals surface area contributed by atoms with Gasteiger partial charge in [-0.2, -0.15) is 0 Å². The van der Waals surface area contributed by atoms with Gasteiger partial charge in [0, 0.05) is 11.5 Å². The molecule has 0 aromatic heterocycles. The van der Waals surface area contributed by atoms with E-state index in [-0.39, 0.29) is 0 Å². The number of piperidine rings is 1. The molecule has 2 unspecified atom stereocenters. The minimum Gasteiger partial charge on any atom is -0.330 e. The van der Waals surface area contributed by atoms with Gasteiger partial charge in [0.15, 0.2) is 0 Å². The van der Waals surface area contributed by atoms with Crippen LogP contribution in [0.5, 0.6) is 0 Å². The molecular weight excluding hydrogens is 172 g/mol. The average molecular weight is 196 g/mol. The van der Waals surface area contributed by atoms with Crippen molar-refractivity contribution in [3.8, 4) is 0 Å². The summed E-state index contributed by atoms with van der Waals surface area (Å²) in [4.78, 5) is 2.55. The molecule has 2 N–H and O–H groups in total. The van der Waals surface area contributed by atoms with Crippen molar-refractivity contribution >= 4 is 0 Å². The van der Waals surface area contributed by atoms with Gasteiger partial charge in [-0.15, -0.1) is 0 Å². The van der Waals surface area contributed by atoms with Gasteiger partial charge in [-0.05, 0) is 44.8 Å². The summed E-state index contributed by atoms with van der Waals surface area (Å²) >= 11 is 0. The van der Waals surface area contributed by atoms with E-state index >= 15 is 0 Å². The number of likely N-dealkylation sites (tertiary alicyclic amines) is 1. The van der Waals surface area contributed by atoms with E-state index in [1.807, 2.05) is 0 Å². The first-order valence-electron chi connectivity index (χ1n) is 5.94. The van der Waals surface area contributed by atoms with Crippen LogP contribution in [0.3, 0.4) is 0 Å². The molecule has 14 heavy (non-hydrogen) atoms. The molecule has 0 radical (unpaired) electrons. The largest absolute Gasteiger partial charge is 0.330 e. The minimum absolute atomic E-state index is 0.433. The molecule has 2 rings (SSSR count). The van der Waals surface area contributed by atoms with E-state index in [0.29, 0.717) is 10.8 Å². The number of hydrogen-bond acceptors (Lipinski definition) is 2. The Bertz CT molecular complexity index is 224. The smallest absolute Gasteiger partial charge is 0.0166 e. The first kappa shape index (κ1) is 10.4. The Balaban J connectivity index is 2.13. The Hall–Kier alpha value is -0.0800. The van der Waals surface area contributed by atoms with Crippen molar-refractivity contribution in [1.82, 2.24) is 4.90 Å². The number of hydrogen-bond donors (Lipinski definition) is 1. The van der Waals surface area contributed by atoms with Gasteiger partial charge >= 0.3 is 0 Å². The van der Waals surface area contributed by atoms with Crippen LogP contribution in [-0.4, -0.2) is 31.1 Å². The van der Waals surface area contributed by atoms with Gasteiger partial charge in [-0.25, -0.2) is 0 Å². The zero-order valence-electron chi connectivity index (χ0n) is 9.84. The maximum Gasteiger partial charge on any atom is 0.0166 e. The van der Waals surface area contributed by atoms with E-state index in [1.165, 1.54) is 32.2 Å². The van der Waals surface area contributed by atoms with E-state index in [2.05, 4.69) is 25.8 Å². The van der Waals surface area contributed by atoms with Gasteiger partial charge in [0.05, 0.1) is 0 Å². The van der Waals surface area contributed by atoms with Crippen LogP contribution in [0.2, 0.25) is 0 Å². The summed E-state index contributed by atoms with van der Waals surface area (Å²) < 4.78 is 0. The third kappa shape index (κ3) is 1.31. The maximum atomic E-state index is 6.01. The molecule has 1 aliphatic heterocycles. The minimum atomic E-state index is 0.433. The molecule has 82 valence electrons. The van der Waals surface area contributed by atoms with Gasteiger partial charge in [0.2, 0.25) is 0 Å². The lowest BCUT2D eigenvalue weighted by molar-refractivity contribution is 0.0984. The Labute approximate surface area is 87.8 Å². The molecule has 1 saturated carbocycles. The number of nitrogens with zero attached hydrogens (tertiary/aromatic N) is 1. The van der Waals surface area contributed by atoms with Crippen molar-refractivity contribution in [2.75, 3.05) is 20.1 Å². The highest BCUT2D eigenvalue weighted by molar-refractivity contribution is 5.16. The zero-order valence-corrected chi connectivity index (χ0v) is 9.84. The number of nitrogens with two attached hydrogens (primary N) is 1. The molecule has 0 aromatic carbocycles. The standard InChI is InChI=1S/C12H24N2/c1-11(2)8-12(11,9-13)10-6-4-5-7-14(10)3/h10H,4-9,13H2,1-3H3. The Morgan fingerprint density at radius 2 is 2.00 bits per heavy atom. The first-order valence-corrected chi connectivity index (χ1v) is 5.94. The summed E-state index contributed by atoms with van der Waals surface area (Å²) in [6.45, 7) is 6.89. The summed E-state index contributed by atoms with van der Waals surface area (Å²) in [6, 6.07) is 0.747. The van der Waals surface area contributed by atoms with Gasteiger partial charge in [0.1, 0.15) is 0 Å². The molecule has 1 heterocycles. The highest BCUT2D eigenvalue weighted by Gasteiger charge is 2.64. The predicted octanol–water partition coefficient (Wildman–Crippen LogP) is 1.85. The Kier molecular flexibility index (Phi) is 2.39. The molecule has 2 atom stereocenters. The van der Waals surface area contributed by atoms with Crippen molar-refractivity contribution in [3.05, 3.63) is 0 Å². The fourth-order valence-corrected chi connectivity index (χ4v) is 3.57. The third-order valence-electron chi connectivity index (χ3n) is 4.75. The van der Waals surface area contributed by atoms with Crippen LogP contribution >= 0.6 is 0 Å². The summed E-state index contributed by atoms with van der Waals surface area (Å²) in [6.07, 6.45) is 5.45. The normalized spacial score (nSPS) is 42.4. The van der Waals surface area contributed by atoms with Gasteiger partial charge in [-0.1, -0.05) is 20.3 Å². The van der Waals surface area contributed by atoms with Crippen LogP contribution in [-0.2, 0) is 0 Å². The molecule has 2 heteroatoms. The van der Waals surface area contributed by atoms with Gasteiger partial charge < -0.3 is 10.6 Å². The van der Waals surface area contributed by atoms with E-state index in [9.17, 15) is 0 Å². The molecule has 0 aromatic rings. The van der Waals surface area contributed by atoms with Gasteiger partial charge in [0.25, 0.3) is 0 Å². The second-order valence-corrected chi connectivity index (χ2v) is 5.91. The molecule has 0 bridgehead atoms. The lowest BCUT2D eigenvalue weighted by Gasteiger charge is -2.40. The topological polar surface area (TPSA) is 29.3 Å². The van der Waals surface area contributed by atoms with Crippen LogP contribution in [0.15, 0.2) is 0 Å². The molecule has 1 aliphatic carbocycles. The Morgan fingerprint density at radius 1 is 1.36 bits per heavy atom. The second kappa shape index (κ2) is 3.21. The van der Waals surface area contributed by atoms with E-state index in [1.54, 1.807) is 0 Å². The van der Waals surface area contributed by atoms with Crippen molar-refractivity contribution in [3.63, 3.8) is 0 Å². The molecule has 2 fully saturated rings. The lowest BCUT2D eigenvalue weighted by Crippen LogP contribution is -2.47. The quantitative estimate of drug-likeness (QED) is 0.730. The van der Waals surface area contributed by atoms with Crippen LogP contribution in [0.25, 0.3) is 0 Å². The van der Waals surface area contributed by atoms with Crippen molar-refractivity contribution in [2.24, 2.45) is 16.6 Å². The van der Waals surface area contributed by atoms with E-state index in [0.717, 1.165) is 12.6 Å². The molecule has 0 amide bonds. The van der Waals surface area contributed by atoms with Crippen LogP contribution in [0.1, 0.15) is 39.5 Å². The lowest BCUT2D eigenvalue weighted by atomic mass is 9.82. The molecule has 2 nitrogen and oxygen atoms in total. The summed E-state index contributed by atoms with van der Waals surface area (Å²) in [7, 11) is 2.27. The summed E-state index contributed by atoms with van der Waals surface area (Å²) in [5, 5.41) is 0. The van der Waals surface area contributed by atoms with Crippen LogP contribution < -0.4 is 5.73 Å². The van der Waals surface area contributed by atoms with Crippen molar-refractivity contribution < 1.29 is 0 Å². The predicted molar refractivity (Wildman–Crippen MR) is 60.2 cm³/mol. The Morgan fingerprint density at radius 3 is 2.43 bits per heavy atom. The van der Waals surface area contributed by atoms with Crippen LogP contribution in [0.4, 0.5) is 0 Å². The maximum absolute atomic E-state index is 6.01. The fraction of sp³-hybridized carbons (Fsp3) is 1.00. The van der Waals surface area contributed by atoms with Gasteiger partial charge in [-0.3, -0.25) is 0 Å². The van der Waals surface area contributed by atoms with Crippen LogP contribution in [0, 0.1) is 10.8 Å². The summed E-state index contributed by atoms with van der Waals surface area (Å²) in [5.74, 6) is 0. The monoisotopic (exact) mass is 196 g/mol. The molecule has 0 spiro atoms. The molecule has 1 saturated heterocycles. The highest BCUT2D eigenvalue weighted by atomic mass is 15.2. The highest BCUT2D eigenvalue weighted by Crippen LogP contribution is 2.66. The second-order valence-electron chi connectivity index (χ2n) is 5.91. The molecular formula is C12H24N2. The first-order chi connectivity index (χ1) is 6.53. The van der Waals surface area contributed by atoms with Crippen molar-refractivity contribution in [1.29, 1.82) is 0 Å². The summed E-state index contributed by atoms with van der Waals surface area (Å²) in [5.41, 5.74) is 6.93. The fourth-order valence-electron chi connectivity index (χ4n) is 3.57. The zero-order chi connectivity index (χ0) is 10.4. The van der Waals surface area contributed by atoms with Crippen molar-refractivity contribution in [2.45, 2.75) is 45.6 Å². The SMILES string of the molecule is CN1CCCCC1C1(CN)CC1(C)C. The van der Waals surface area contributed by atoms with E-state index < -0.39 is 0 Å². The van der Waals surface area contributed by atoms with E-state index in [4.69, 9.17) is 5.73 Å². The average Bonchev–Trinajstić information content (AvgIpc) is 2.70. The third-order valence-corrected chi connectivity index (χ3v) is 4.75.